The summed E-state index contributed by atoms with van der Waals surface area (Å²) in [5, 5.41) is 8.11. The maximum absolute atomic E-state index is 12.6. The van der Waals surface area contributed by atoms with Gasteiger partial charge in [0.2, 0.25) is 5.91 Å². The molecule has 1 unspecified atom stereocenters. The lowest BCUT2D eigenvalue weighted by Gasteiger charge is -2.13. The number of hydrogen-bond donors (Lipinski definition) is 2. The lowest BCUT2D eigenvalue weighted by atomic mass is 10.1. The Morgan fingerprint density at radius 3 is 2.61 bits per heavy atom. The van der Waals surface area contributed by atoms with Crippen molar-refractivity contribution >= 4 is 28.3 Å². The summed E-state index contributed by atoms with van der Waals surface area (Å²) in [5.74, 6) is 0.291. The molecule has 1 heterocycles. The van der Waals surface area contributed by atoms with Crippen molar-refractivity contribution in [2.24, 2.45) is 0 Å². The van der Waals surface area contributed by atoms with Gasteiger partial charge in [0.1, 0.15) is 12.4 Å². The Bertz CT molecular complexity index is 1030. The van der Waals surface area contributed by atoms with Gasteiger partial charge >= 0.3 is 0 Å². The number of ether oxygens (including phenoxy) is 2. The van der Waals surface area contributed by atoms with E-state index < -0.39 is 0 Å². The van der Waals surface area contributed by atoms with Crippen LogP contribution in [0.5, 0.6) is 5.75 Å². The van der Waals surface area contributed by atoms with E-state index in [-0.39, 0.29) is 17.9 Å². The number of thiazole rings is 1. The SMILES string of the molecule is COCCOc1cccc(C(=O)Nc2nc(-c3ccc(C(C)NC(C)=O)cc3)cs2)c1. The number of nitrogens with zero attached hydrogens (tertiary/aromatic N) is 1. The molecule has 7 nitrogen and oxygen atoms in total. The maximum Gasteiger partial charge on any atom is 0.257 e. The van der Waals surface area contributed by atoms with Crippen LogP contribution in [0.1, 0.15) is 35.8 Å². The Labute approximate surface area is 185 Å². The lowest BCUT2D eigenvalue weighted by Crippen LogP contribution is -2.23. The molecule has 3 rings (SSSR count). The molecule has 0 radical (unpaired) electrons. The topological polar surface area (TPSA) is 89.6 Å². The van der Waals surface area contributed by atoms with Gasteiger partial charge in [-0.2, -0.15) is 0 Å². The molecule has 0 aliphatic rings. The minimum atomic E-state index is -0.252. The average molecular weight is 440 g/mol. The second-order valence-electron chi connectivity index (χ2n) is 6.91. The fraction of sp³-hybridized carbons (Fsp3) is 0.261. The molecule has 162 valence electrons. The van der Waals surface area contributed by atoms with Gasteiger partial charge in [-0.05, 0) is 30.7 Å². The molecule has 0 saturated heterocycles. The van der Waals surface area contributed by atoms with Crippen LogP contribution >= 0.6 is 11.3 Å². The van der Waals surface area contributed by atoms with Crippen molar-refractivity contribution < 1.29 is 19.1 Å². The third-order valence-electron chi connectivity index (χ3n) is 4.50. The molecule has 0 bridgehead atoms. The summed E-state index contributed by atoms with van der Waals surface area (Å²) in [4.78, 5) is 28.3. The van der Waals surface area contributed by atoms with Crippen molar-refractivity contribution in [1.29, 1.82) is 0 Å². The lowest BCUT2D eigenvalue weighted by molar-refractivity contribution is -0.119. The number of nitrogens with one attached hydrogen (secondary N) is 2. The van der Waals surface area contributed by atoms with Gasteiger partial charge in [-0.25, -0.2) is 4.98 Å². The first-order chi connectivity index (χ1) is 15.0. The molecule has 0 aliphatic heterocycles. The molecule has 31 heavy (non-hydrogen) atoms. The Morgan fingerprint density at radius 2 is 1.90 bits per heavy atom. The number of amides is 2. The van der Waals surface area contributed by atoms with Crippen LogP contribution in [0.2, 0.25) is 0 Å². The van der Waals surface area contributed by atoms with Crippen LogP contribution in [0.4, 0.5) is 5.13 Å². The van der Waals surface area contributed by atoms with Crippen LogP contribution in [0.3, 0.4) is 0 Å². The minimum Gasteiger partial charge on any atom is -0.491 e. The van der Waals surface area contributed by atoms with Crippen molar-refractivity contribution in [1.82, 2.24) is 10.3 Å². The standard InChI is InChI=1S/C23H25N3O4S/c1-15(24-16(2)27)17-7-9-18(10-8-17)21-14-31-23(25-21)26-22(28)19-5-4-6-20(13-19)30-12-11-29-3/h4-10,13-15H,11-12H2,1-3H3,(H,24,27)(H,25,26,28). The Hall–Kier alpha value is -3.23. The molecule has 0 spiro atoms. The summed E-state index contributed by atoms with van der Waals surface area (Å²) in [7, 11) is 1.61. The van der Waals surface area contributed by atoms with E-state index in [1.807, 2.05) is 36.6 Å². The minimum absolute atomic E-state index is 0.0638. The van der Waals surface area contributed by atoms with Crippen molar-refractivity contribution in [3.8, 4) is 17.0 Å². The van der Waals surface area contributed by atoms with E-state index in [1.54, 1.807) is 31.4 Å². The summed E-state index contributed by atoms with van der Waals surface area (Å²) < 4.78 is 10.5. The summed E-state index contributed by atoms with van der Waals surface area (Å²) in [6.07, 6.45) is 0. The van der Waals surface area contributed by atoms with Crippen LogP contribution in [0.15, 0.2) is 53.9 Å². The number of rotatable bonds is 9. The molecule has 2 N–H and O–H groups in total. The summed E-state index contributed by atoms with van der Waals surface area (Å²) >= 11 is 1.36. The normalized spacial score (nSPS) is 11.6. The number of carbonyl (C=O) groups excluding carboxylic acids is 2. The van der Waals surface area contributed by atoms with E-state index >= 15 is 0 Å². The molecule has 2 aromatic carbocycles. The van der Waals surface area contributed by atoms with E-state index in [1.165, 1.54) is 18.3 Å². The predicted molar refractivity (Wildman–Crippen MR) is 122 cm³/mol. The van der Waals surface area contributed by atoms with Gasteiger partial charge < -0.3 is 14.8 Å². The zero-order valence-corrected chi connectivity index (χ0v) is 18.5. The molecule has 8 heteroatoms. The van der Waals surface area contributed by atoms with Gasteiger partial charge in [-0.1, -0.05) is 30.3 Å². The van der Waals surface area contributed by atoms with Gasteiger partial charge in [0, 0.05) is 30.5 Å². The number of aromatic nitrogens is 1. The van der Waals surface area contributed by atoms with E-state index in [0.717, 1.165) is 16.8 Å². The average Bonchev–Trinajstić information content (AvgIpc) is 3.22. The molecule has 0 saturated carbocycles. The molecule has 0 aliphatic carbocycles. The Morgan fingerprint density at radius 1 is 1.13 bits per heavy atom. The summed E-state index contributed by atoms with van der Waals surface area (Å²) in [6.45, 7) is 4.33. The maximum atomic E-state index is 12.6. The first-order valence-electron chi connectivity index (χ1n) is 9.82. The number of anilines is 1. The highest BCUT2D eigenvalue weighted by atomic mass is 32.1. The van der Waals surface area contributed by atoms with Crippen LogP contribution in [0, 0.1) is 0 Å². The van der Waals surface area contributed by atoms with Gasteiger partial charge in [-0.3, -0.25) is 14.9 Å². The van der Waals surface area contributed by atoms with E-state index in [4.69, 9.17) is 9.47 Å². The van der Waals surface area contributed by atoms with Gasteiger partial charge in [0.05, 0.1) is 18.3 Å². The van der Waals surface area contributed by atoms with Gasteiger partial charge in [0.25, 0.3) is 5.91 Å². The molecule has 3 aromatic rings. The first-order valence-corrected chi connectivity index (χ1v) is 10.7. The first kappa shape index (κ1) is 22.5. The van der Waals surface area contributed by atoms with Crippen LogP contribution in [0.25, 0.3) is 11.3 Å². The summed E-state index contributed by atoms with van der Waals surface area (Å²) in [5.41, 5.74) is 3.21. The highest BCUT2D eigenvalue weighted by molar-refractivity contribution is 7.14. The number of methoxy groups -OCH3 is 1. The van der Waals surface area contributed by atoms with E-state index in [0.29, 0.717) is 29.7 Å². The number of hydrogen-bond acceptors (Lipinski definition) is 6. The third-order valence-corrected chi connectivity index (χ3v) is 5.26. The zero-order valence-electron chi connectivity index (χ0n) is 17.7. The van der Waals surface area contributed by atoms with Crippen LogP contribution < -0.4 is 15.4 Å². The third kappa shape index (κ3) is 6.37. The van der Waals surface area contributed by atoms with Crippen molar-refractivity contribution in [2.45, 2.75) is 19.9 Å². The number of benzene rings is 2. The fourth-order valence-corrected chi connectivity index (χ4v) is 3.65. The molecule has 0 fully saturated rings. The quantitative estimate of drug-likeness (QED) is 0.486. The zero-order chi connectivity index (χ0) is 22.2. The van der Waals surface area contributed by atoms with E-state index in [2.05, 4.69) is 15.6 Å². The van der Waals surface area contributed by atoms with Gasteiger partial charge in [0.15, 0.2) is 5.13 Å². The second-order valence-corrected chi connectivity index (χ2v) is 7.76. The molecule has 1 atom stereocenters. The summed E-state index contributed by atoms with van der Waals surface area (Å²) in [6, 6.07) is 14.7. The van der Waals surface area contributed by atoms with Crippen LogP contribution in [-0.2, 0) is 9.53 Å². The van der Waals surface area contributed by atoms with E-state index in [9.17, 15) is 9.59 Å². The van der Waals surface area contributed by atoms with Crippen LogP contribution in [-0.4, -0.2) is 37.1 Å². The second kappa shape index (κ2) is 10.7. The largest absolute Gasteiger partial charge is 0.491 e. The van der Waals surface area contributed by atoms with Gasteiger partial charge in [-0.15, -0.1) is 11.3 Å². The fourth-order valence-electron chi connectivity index (χ4n) is 2.93. The van der Waals surface area contributed by atoms with Crippen molar-refractivity contribution in [2.75, 3.05) is 25.6 Å². The molecular weight excluding hydrogens is 414 g/mol. The molecular formula is C23H25N3O4S. The smallest absolute Gasteiger partial charge is 0.257 e. The Kier molecular flexibility index (Phi) is 7.75. The highest BCUT2D eigenvalue weighted by Crippen LogP contribution is 2.27. The molecule has 2 amide bonds. The number of carbonyl (C=O) groups is 2. The Balaban J connectivity index is 1.64. The molecule has 1 aromatic heterocycles. The highest BCUT2D eigenvalue weighted by Gasteiger charge is 2.12. The van der Waals surface area contributed by atoms with Crippen molar-refractivity contribution in [3.63, 3.8) is 0 Å². The predicted octanol–water partition coefficient (Wildman–Crippen LogP) is 4.28. The monoisotopic (exact) mass is 439 g/mol. The van der Waals surface area contributed by atoms with Crippen molar-refractivity contribution in [3.05, 3.63) is 65.0 Å².